The Hall–Kier alpha value is -2.60. The molecule has 0 unspecified atom stereocenters. The molecule has 122 valence electrons. The first-order valence-corrected chi connectivity index (χ1v) is 8.11. The first kappa shape index (κ1) is 15.0. The van der Waals surface area contributed by atoms with Gasteiger partial charge in [-0.3, -0.25) is 4.79 Å². The van der Waals surface area contributed by atoms with Crippen LogP contribution in [0.5, 0.6) is 0 Å². The normalized spacial score (nSPS) is 13.9. The summed E-state index contributed by atoms with van der Waals surface area (Å²) in [5.74, 6) is 1.47. The van der Waals surface area contributed by atoms with Crippen LogP contribution >= 0.6 is 11.6 Å². The molecule has 0 radical (unpaired) electrons. The molecule has 1 N–H and O–H groups in total. The van der Waals surface area contributed by atoms with Gasteiger partial charge in [-0.25, -0.2) is 0 Å². The fourth-order valence-electron chi connectivity index (χ4n) is 2.50. The Morgan fingerprint density at radius 1 is 1.33 bits per heavy atom. The van der Waals surface area contributed by atoms with Crippen LogP contribution in [0.25, 0.3) is 0 Å². The smallest absolute Gasteiger partial charge is 0.272 e. The van der Waals surface area contributed by atoms with Crippen molar-refractivity contribution in [2.75, 3.05) is 5.32 Å². The fourth-order valence-corrected chi connectivity index (χ4v) is 2.69. The first-order valence-electron chi connectivity index (χ1n) is 7.73. The monoisotopic (exact) mass is 342 g/mol. The minimum atomic E-state index is -0.215. The molecule has 0 bridgehead atoms. The Balaban J connectivity index is 1.49. The van der Waals surface area contributed by atoms with Crippen molar-refractivity contribution in [3.05, 3.63) is 65.0 Å². The SMILES string of the molecule is O=C(Nc1cccc(Cl)c1)c1cccn1Cc1noc(C2CC2)n1. The third kappa shape index (κ3) is 3.19. The number of amides is 1. The quantitative estimate of drug-likeness (QED) is 0.767. The number of nitrogens with one attached hydrogen (secondary N) is 1. The van der Waals surface area contributed by atoms with Crippen LogP contribution < -0.4 is 5.32 Å². The molecule has 3 aromatic rings. The number of benzene rings is 1. The molecule has 24 heavy (non-hydrogen) atoms. The van der Waals surface area contributed by atoms with Gasteiger partial charge in [-0.15, -0.1) is 0 Å². The molecule has 0 saturated heterocycles. The van der Waals surface area contributed by atoms with Crippen molar-refractivity contribution in [2.24, 2.45) is 0 Å². The molecule has 2 heterocycles. The maximum absolute atomic E-state index is 12.5. The second kappa shape index (κ2) is 6.13. The Kier molecular flexibility index (Phi) is 3.82. The third-order valence-corrected chi connectivity index (χ3v) is 4.10. The number of rotatable bonds is 5. The maximum Gasteiger partial charge on any atom is 0.272 e. The van der Waals surface area contributed by atoms with E-state index >= 15 is 0 Å². The summed E-state index contributed by atoms with van der Waals surface area (Å²) in [6.45, 7) is 0.390. The summed E-state index contributed by atoms with van der Waals surface area (Å²) in [4.78, 5) is 16.9. The molecule has 1 saturated carbocycles. The Morgan fingerprint density at radius 2 is 2.21 bits per heavy atom. The number of aromatic nitrogens is 3. The zero-order valence-electron chi connectivity index (χ0n) is 12.8. The van der Waals surface area contributed by atoms with E-state index in [2.05, 4.69) is 15.5 Å². The van der Waals surface area contributed by atoms with Crippen LogP contribution in [0.1, 0.15) is 41.0 Å². The Labute approximate surface area is 143 Å². The van der Waals surface area contributed by atoms with Gasteiger partial charge in [-0.1, -0.05) is 22.8 Å². The fraction of sp³-hybridized carbons (Fsp3) is 0.235. The summed E-state index contributed by atoms with van der Waals surface area (Å²) in [7, 11) is 0. The van der Waals surface area contributed by atoms with E-state index in [0.717, 1.165) is 12.8 Å². The minimum absolute atomic E-state index is 0.215. The van der Waals surface area contributed by atoms with E-state index in [9.17, 15) is 4.79 Å². The zero-order valence-corrected chi connectivity index (χ0v) is 13.5. The third-order valence-electron chi connectivity index (χ3n) is 3.87. The summed E-state index contributed by atoms with van der Waals surface area (Å²) < 4.78 is 7.05. The second-order valence-electron chi connectivity index (χ2n) is 5.81. The number of anilines is 1. The first-order chi connectivity index (χ1) is 11.7. The van der Waals surface area contributed by atoms with Gasteiger partial charge in [0.25, 0.3) is 5.91 Å². The van der Waals surface area contributed by atoms with Gasteiger partial charge in [-0.2, -0.15) is 4.98 Å². The van der Waals surface area contributed by atoms with Crippen molar-refractivity contribution in [3.63, 3.8) is 0 Å². The molecular formula is C17H15ClN4O2. The summed E-state index contributed by atoms with van der Waals surface area (Å²) in [5, 5.41) is 7.40. The van der Waals surface area contributed by atoms with Gasteiger partial charge in [-0.05, 0) is 43.2 Å². The molecule has 7 heteroatoms. The highest BCUT2D eigenvalue weighted by Crippen LogP contribution is 2.38. The van der Waals surface area contributed by atoms with Crippen LogP contribution in [-0.2, 0) is 6.54 Å². The lowest BCUT2D eigenvalue weighted by Gasteiger charge is -2.08. The van der Waals surface area contributed by atoms with Crippen molar-refractivity contribution in [2.45, 2.75) is 25.3 Å². The van der Waals surface area contributed by atoms with E-state index in [-0.39, 0.29) is 5.91 Å². The number of hydrogen-bond donors (Lipinski definition) is 1. The van der Waals surface area contributed by atoms with Crippen molar-refractivity contribution in [1.82, 2.24) is 14.7 Å². The predicted molar refractivity (Wildman–Crippen MR) is 89.2 cm³/mol. The number of carbonyl (C=O) groups is 1. The molecule has 0 atom stereocenters. The van der Waals surface area contributed by atoms with Crippen LogP contribution in [0, 0.1) is 0 Å². The van der Waals surface area contributed by atoms with E-state index in [0.29, 0.717) is 40.6 Å². The van der Waals surface area contributed by atoms with Crippen molar-refractivity contribution < 1.29 is 9.32 Å². The Morgan fingerprint density at radius 3 is 3.00 bits per heavy atom. The molecule has 6 nitrogen and oxygen atoms in total. The van der Waals surface area contributed by atoms with Crippen LogP contribution in [0.3, 0.4) is 0 Å². The average Bonchev–Trinajstić information content (AvgIpc) is 3.12. The molecule has 0 aliphatic heterocycles. The number of halogens is 1. The van der Waals surface area contributed by atoms with Gasteiger partial charge >= 0.3 is 0 Å². The van der Waals surface area contributed by atoms with Crippen LogP contribution in [0.2, 0.25) is 5.02 Å². The lowest BCUT2D eigenvalue weighted by Crippen LogP contribution is -2.17. The molecule has 1 fully saturated rings. The largest absolute Gasteiger partial charge is 0.339 e. The molecule has 1 aliphatic rings. The topological polar surface area (TPSA) is 73.0 Å². The molecule has 1 amide bonds. The molecule has 1 aliphatic carbocycles. The maximum atomic E-state index is 12.5. The van der Waals surface area contributed by atoms with Gasteiger partial charge in [0.2, 0.25) is 5.89 Å². The zero-order chi connectivity index (χ0) is 16.5. The number of carbonyl (C=O) groups excluding carboxylic acids is 1. The van der Waals surface area contributed by atoms with Crippen molar-refractivity contribution in [3.8, 4) is 0 Å². The molecular weight excluding hydrogens is 328 g/mol. The van der Waals surface area contributed by atoms with Gasteiger partial charge < -0.3 is 14.4 Å². The summed E-state index contributed by atoms with van der Waals surface area (Å²) in [5.41, 5.74) is 1.17. The van der Waals surface area contributed by atoms with Crippen LogP contribution in [-0.4, -0.2) is 20.6 Å². The van der Waals surface area contributed by atoms with Gasteiger partial charge in [0.15, 0.2) is 5.82 Å². The van der Waals surface area contributed by atoms with Crippen molar-refractivity contribution >= 4 is 23.2 Å². The van der Waals surface area contributed by atoms with Crippen molar-refractivity contribution in [1.29, 1.82) is 0 Å². The predicted octanol–water partition coefficient (Wildman–Crippen LogP) is 3.70. The van der Waals surface area contributed by atoms with Gasteiger partial charge in [0, 0.05) is 22.8 Å². The number of nitrogens with zero attached hydrogens (tertiary/aromatic N) is 3. The van der Waals surface area contributed by atoms with E-state index in [1.807, 2.05) is 12.3 Å². The number of hydrogen-bond acceptors (Lipinski definition) is 4. The van der Waals surface area contributed by atoms with E-state index in [1.54, 1.807) is 34.9 Å². The average molecular weight is 343 g/mol. The van der Waals surface area contributed by atoms with Crippen LogP contribution in [0.15, 0.2) is 47.1 Å². The Bertz CT molecular complexity index is 882. The van der Waals surface area contributed by atoms with Gasteiger partial charge in [0.1, 0.15) is 5.69 Å². The molecule has 0 spiro atoms. The summed E-state index contributed by atoms with van der Waals surface area (Å²) in [6.07, 6.45) is 4.04. The highest BCUT2D eigenvalue weighted by Gasteiger charge is 2.29. The summed E-state index contributed by atoms with van der Waals surface area (Å²) in [6, 6.07) is 10.6. The van der Waals surface area contributed by atoms with Crippen LogP contribution in [0.4, 0.5) is 5.69 Å². The lowest BCUT2D eigenvalue weighted by atomic mass is 10.3. The van der Waals surface area contributed by atoms with Gasteiger partial charge in [0.05, 0.1) is 6.54 Å². The lowest BCUT2D eigenvalue weighted by molar-refractivity contribution is 0.101. The van der Waals surface area contributed by atoms with E-state index < -0.39 is 0 Å². The van der Waals surface area contributed by atoms with E-state index in [4.69, 9.17) is 16.1 Å². The standard InChI is InChI=1S/C17H15ClN4O2/c18-12-3-1-4-13(9-12)19-16(23)14-5-2-8-22(14)10-15-20-17(24-21-15)11-6-7-11/h1-5,8-9,11H,6-7,10H2,(H,19,23). The summed E-state index contributed by atoms with van der Waals surface area (Å²) >= 11 is 5.94. The van der Waals surface area contributed by atoms with E-state index in [1.165, 1.54) is 0 Å². The highest BCUT2D eigenvalue weighted by molar-refractivity contribution is 6.30. The minimum Gasteiger partial charge on any atom is -0.339 e. The molecule has 1 aromatic carbocycles. The molecule has 4 rings (SSSR count). The molecule has 2 aromatic heterocycles. The second-order valence-corrected chi connectivity index (χ2v) is 6.25. The highest BCUT2D eigenvalue weighted by atomic mass is 35.5.